The number of fused-ring (bicyclic) bond motifs is 1. The molecule has 0 aliphatic heterocycles. The molecule has 1 heteroatoms. The Morgan fingerprint density at radius 3 is 1.72 bits per heavy atom. The van der Waals surface area contributed by atoms with Gasteiger partial charge in [-0.25, -0.2) is 0 Å². The Morgan fingerprint density at radius 2 is 1.28 bits per heavy atom. The third-order valence-corrected chi connectivity index (χ3v) is 12.0. The third-order valence-electron chi connectivity index (χ3n) is 4.88. The fourth-order valence-electron chi connectivity index (χ4n) is 4.31. The molecule has 0 radical (unpaired) electrons. The maximum absolute atomic E-state index is 2.47. The Labute approximate surface area is 112 Å². The molecule has 0 nitrogen and oxygen atoms in total. The molecule has 1 aromatic carbocycles. The maximum Gasteiger partial charge on any atom is 0.0950 e. The minimum Gasteiger partial charge on any atom is -0.0648 e. The summed E-state index contributed by atoms with van der Waals surface area (Å²) in [5.74, 6) is 0. The first-order valence-electron chi connectivity index (χ1n) is 7.23. The molecule has 0 aromatic heterocycles. The van der Waals surface area contributed by atoms with E-state index in [0.717, 1.165) is 16.6 Å². The van der Waals surface area contributed by atoms with E-state index in [-0.39, 0.29) is 0 Å². The highest BCUT2D eigenvalue weighted by molar-refractivity contribution is 7.00. The highest BCUT2D eigenvalue weighted by Gasteiger charge is 2.46. The molecular weight excluding hydrogens is 232 g/mol. The molecule has 0 bridgehead atoms. The van der Waals surface area contributed by atoms with Gasteiger partial charge in [0.2, 0.25) is 0 Å². The van der Waals surface area contributed by atoms with Crippen LogP contribution in [0.2, 0.25) is 16.6 Å². The van der Waals surface area contributed by atoms with Gasteiger partial charge in [0.15, 0.2) is 0 Å². The Morgan fingerprint density at radius 1 is 0.778 bits per heavy atom. The second kappa shape index (κ2) is 4.69. The van der Waals surface area contributed by atoms with Gasteiger partial charge >= 0.3 is 0 Å². The Hall–Kier alpha value is -0.823. The summed E-state index contributed by atoms with van der Waals surface area (Å²) in [6.07, 6.45) is 2.47. The summed E-state index contributed by atoms with van der Waals surface area (Å²) >= 11 is 0. The molecule has 1 aromatic rings. The first-order valence-corrected chi connectivity index (χ1v) is 9.47. The molecule has 0 spiro atoms. The molecule has 18 heavy (non-hydrogen) atoms. The lowest BCUT2D eigenvalue weighted by Crippen LogP contribution is -2.53. The molecule has 0 saturated heterocycles. The zero-order valence-corrected chi connectivity index (χ0v) is 13.6. The Bertz CT molecular complexity index is 527. The van der Waals surface area contributed by atoms with Crippen LogP contribution in [-0.2, 0) is 0 Å². The average molecular weight is 258 g/mol. The van der Waals surface area contributed by atoms with Crippen LogP contribution in [0.15, 0.2) is 24.3 Å². The SMILES string of the molecule is CC(C)[Si](C1=c2ccccc2=C1)(C(C)C)C(C)C. The fraction of sp³-hybridized carbons (Fsp3) is 0.529. The standard InChI is InChI=1S/C17H26Si/c1-12(2)18(13(3)4,14(5)6)17-11-15-9-7-8-10-16(15)17/h7-14H,1-6H3. The summed E-state index contributed by atoms with van der Waals surface area (Å²) in [4.78, 5) is 0. The first-order chi connectivity index (χ1) is 8.42. The van der Waals surface area contributed by atoms with Gasteiger partial charge in [-0.2, -0.15) is 0 Å². The van der Waals surface area contributed by atoms with Crippen molar-refractivity contribution in [1.29, 1.82) is 0 Å². The van der Waals surface area contributed by atoms with Crippen LogP contribution in [0.3, 0.4) is 0 Å². The Balaban J connectivity index is 2.67. The van der Waals surface area contributed by atoms with E-state index in [4.69, 9.17) is 0 Å². The van der Waals surface area contributed by atoms with Crippen LogP contribution in [0.5, 0.6) is 0 Å². The van der Waals surface area contributed by atoms with Gasteiger partial charge in [0, 0.05) is 0 Å². The van der Waals surface area contributed by atoms with Crippen molar-refractivity contribution in [2.75, 3.05) is 0 Å². The van der Waals surface area contributed by atoms with Crippen molar-refractivity contribution in [1.82, 2.24) is 0 Å². The van der Waals surface area contributed by atoms with Gasteiger partial charge < -0.3 is 0 Å². The normalized spacial score (nSPS) is 14.8. The van der Waals surface area contributed by atoms with Crippen molar-refractivity contribution < 1.29 is 0 Å². The maximum atomic E-state index is 2.47. The van der Waals surface area contributed by atoms with E-state index in [2.05, 4.69) is 71.9 Å². The zero-order valence-electron chi connectivity index (χ0n) is 12.6. The predicted molar refractivity (Wildman–Crippen MR) is 84.6 cm³/mol. The predicted octanol–water partition coefficient (Wildman–Crippen LogP) is 3.85. The lowest BCUT2D eigenvalue weighted by Gasteiger charge is -2.46. The van der Waals surface area contributed by atoms with Crippen LogP contribution >= 0.6 is 0 Å². The summed E-state index contributed by atoms with van der Waals surface area (Å²) in [6, 6.07) is 8.90. The minimum absolute atomic E-state index is 0.803. The molecule has 0 saturated carbocycles. The van der Waals surface area contributed by atoms with Gasteiger partial charge in [-0.05, 0) is 27.1 Å². The highest BCUT2D eigenvalue weighted by atomic mass is 28.3. The number of hydrogen-bond acceptors (Lipinski definition) is 0. The van der Waals surface area contributed by atoms with Crippen molar-refractivity contribution in [2.24, 2.45) is 0 Å². The summed E-state index contributed by atoms with van der Waals surface area (Å²) in [5, 5.41) is 4.71. The van der Waals surface area contributed by atoms with Gasteiger partial charge in [-0.1, -0.05) is 77.1 Å². The summed E-state index contributed by atoms with van der Waals surface area (Å²) in [5.41, 5.74) is 2.41. The molecule has 1 aliphatic rings. The largest absolute Gasteiger partial charge is 0.0950 e. The summed E-state index contributed by atoms with van der Waals surface area (Å²) < 4.78 is 0. The monoisotopic (exact) mass is 258 g/mol. The topological polar surface area (TPSA) is 0 Å². The van der Waals surface area contributed by atoms with E-state index in [1.54, 1.807) is 10.4 Å². The van der Waals surface area contributed by atoms with Crippen LogP contribution in [0.4, 0.5) is 0 Å². The summed E-state index contributed by atoms with van der Waals surface area (Å²) in [7, 11) is -1.43. The van der Waals surface area contributed by atoms with E-state index in [1.165, 1.54) is 5.22 Å². The molecule has 0 heterocycles. The van der Waals surface area contributed by atoms with Gasteiger partial charge in [0.25, 0.3) is 0 Å². The second-order valence-electron chi connectivity index (χ2n) is 6.54. The number of rotatable bonds is 4. The van der Waals surface area contributed by atoms with E-state index in [0.29, 0.717) is 0 Å². The minimum atomic E-state index is -1.43. The van der Waals surface area contributed by atoms with Gasteiger partial charge in [0.05, 0.1) is 8.07 Å². The quantitative estimate of drug-likeness (QED) is 0.720. The van der Waals surface area contributed by atoms with Gasteiger partial charge in [-0.3, -0.25) is 0 Å². The van der Waals surface area contributed by atoms with Crippen molar-refractivity contribution in [3.05, 3.63) is 34.7 Å². The Kier molecular flexibility index (Phi) is 3.55. The van der Waals surface area contributed by atoms with Crippen LogP contribution in [0, 0.1) is 0 Å². The molecule has 0 N–H and O–H groups in total. The lowest BCUT2D eigenvalue weighted by molar-refractivity contribution is 0.837. The van der Waals surface area contributed by atoms with Gasteiger partial charge in [-0.15, -0.1) is 0 Å². The van der Waals surface area contributed by atoms with E-state index in [1.807, 2.05) is 0 Å². The van der Waals surface area contributed by atoms with Crippen LogP contribution in [0.25, 0.3) is 11.3 Å². The second-order valence-corrected chi connectivity index (χ2v) is 12.4. The number of benzene rings is 1. The molecular formula is C17H26Si. The molecule has 0 unspecified atom stereocenters. The first kappa shape index (κ1) is 13.6. The van der Waals surface area contributed by atoms with E-state index >= 15 is 0 Å². The summed E-state index contributed by atoms with van der Waals surface area (Å²) in [6.45, 7) is 14.6. The lowest BCUT2D eigenvalue weighted by atomic mass is 10.1. The molecule has 0 atom stereocenters. The molecule has 98 valence electrons. The molecule has 2 rings (SSSR count). The van der Waals surface area contributed by atoms with Crippen LogP contribution in [0.1, 0.15) is 41.5 Å². The molecule has 0 amide bonds. The smallest absolute Gasteiger partial charge is 0.0648 e. The molecule has 0 fully saturated rings. The van der Waals surface area contributed by atoms with Crippen molar-refractivity contribution in [2.45, 2.75) is 58.2 Å². The van der Waals surface area contributed by atoms with Crippen LogP contribution < -0.4 is 10.4 Å². The van der Waals surface area contributed by atoms with Crippen molar-refractivity contribution >= 4 is 19.3 Å². The van der Waals surface area contributed by atoms with E-state index < -0.39 is 8.07 Å². The highest BCUT2D eigenvalue weighted by Crippen LogP contribution is 2.47. The number of hydrogen-bond donors (Lipinski definition) is 0. The zero-order chi connectivity index (χ0) is 13.5. The third kappa shape index (κ3) is 1.71. The molecule has 1 aliphatic carbocycles. The fourth-order valence-corrected chi connectivity index (χ4v) is 11.3. The van der Waals surface area contributed by atoms with Crippen molar-refractivity contribution in [3.8, 4) is 0 Å². The average Bonchev–Trinajstić information content (AvgIpc) is 2.24. The van der Waals surface area contributed by atoms with Crippen molar-refractivity contribution in [3.63, 3.8) is 0 Å². The van der Waals surface area contributed by atoms with Gasteiger partial charge in [0.1, 0.15) is 0 Å². The van der Waals surface area contributed by atoms with E-state index in [9.17, 15) is 0 Å². The van der Waals surface area contributed by atoms with Crippen LogP contribution in [-0.4, -0.2) is 8.07 Å².